The van der Waals surface area contributed by atoms with Crippen LogP contribution in [0, 0.1) is 5.92 Å². The highest BCUT2D eigenvalue weighted by Gasteiger charge is 2.21. The fraction of sp³-hybridized carbons (Fsp3) is 0.625. The standard InChI is InChI=1S/C16H26N4O/c1-14(12-17)2-3-16(21)20-10-8-19(9-11-20)13-15-4-6-18-7-5-15/h4-7,14H,2-3,8-13,17H2,1H3. The van der Waals surface area contributed by atoms with Gasteiger partial charge in [-0.3, -0.25) is 14.7 Å². The maximum Gasteiger partial charge on any atom is 0.222 e. The van der Waals surface area contributed by atoms with Crippen LogP contribution in [-0.2, 0) is 11.3 Å². The van der Waals surface area contributed by atoms with Crippen LogP contribution >= 0.6 is 0 Å². The highest BCUT2D eigenvalue weighted by atomic mass is 16.2. The molecule has 0 radical (unpaired) electrons. The van der Waals surface area contributed by atoms with Gasteiger partial charge in [-0.25, -0.2) is 0 Å². The molecule has 1 fully saturated rings. The summed E-state index contributed by atoms with van der Waals surface area (Å²) in [4.78, 5) is 20.6. The Bertz CT molecular complexity index is 429. The van der Waals surface area contributed by atoms with Crippen LogP contribution in [0.1, 0.15) is 25.3 Å². The number of piperazine rings is 1. The summed E-state index contributed by atoms with van der Waals surface area (Å²) in [6.45, 7) is 7.25. The number of carbonyl (C=O) groups excluding carboxylic acids is 1. The van der Waals surface area contributed by atoms with E-state index in [1.807, 2.05) is 29.4 Å². The molecule has 1 aromatic rings. The van der Waals surface area contributed by atoms with Crippen LogP contribution in [-0.4, -0.2) is 53.4 Å². The number of hydrogen-bond acceptors (Lipinski definition) is 4. The van der Waals surface area contributed by atoms with E-state index in [1.165, 1.54) is 5.56 Å². The number of aromatic nitrogens is 1. The number of nitrogens with two attached hydrogens (primary N) is 1. The van der Waals surface area contributed by atoms with Crippen molar-refractivity contribution in [2.75, 3.05) is 32.7 Å². The van der Waals surface area contributed by atoms with Crippen molar-refractivity contribution in [2.24, 2.45) is 11.7 Å². The average Bonchev–Trinajstić information content (AvgIpc) is 2.54. The Balaban J connectivity index is 1.71. The van der Waals surface area contributed by atoms with Gasteiger partial charge < -0.3 is 10.6 Å². The van der Waals surface area contributed by atoms with Gasteiger partial charge in [-0.05, 0) is 36.6 Å². The molecule has 1 saturated heterocycles. The maximum absolute atomic E-state index is 12.1. The second-order valence-electron chi connectivity index (χ2n) is 5.89. The first kappa shape index (κ1) is 15.9. The third-order valence-electron chi connectivity index (χ3n) is 4.13. The fourth-order valence-electron chi connectivity index (χ4n) is 2.55. The van der Waals surface area contributed by atoms with Crippen molar-refractivity contribution < 1.29 is 4.79 Å². The Hall–Kier alpha value is -1.46. The lowest BCUT2D eigenvalue weighted by molar-refractivity contribution is -0.133. The number of pyridine rings is 1. The second kappa shape index (κ2) is 8.10. The molecular weight excluding hydrogens is 264 g/mol. The van der Waals surface area contributed by atoms with Crippen molar-refractivity contribution in [3.8, 4) is 0 Å². The highest BCUT2D eigenvalue weighted by molar-refractivity contribution is 5.76. The minimum Gasteiger partial charge on any atom is -0.340 e. The maximum atomic E-state index is 12.1. The Kier molecular flexibility index (Phi) is 6.14. The SMILES string of the molecule is CC(CN)CCC(=O)N1CCN(Cc2ccncc2)CC1. The van der Waals surface area contributed by atoms with Crippen molar-refractivity contribution in [2.45, 2.75) is 26.3 Å². The second-order valence-corrected chi connectivity index (χ2v) is 5.89. The highest BCUT2D eigenvalue weighted by Crippen LogP contribution is 2.11. The van der Waals surface area contributed by atoms with Crippen molar-refractivity contribution in [1.82, 2.24) is 14.8 Å². The molecule has 1 atom stereocenters. The zero-order chi connectivity index (χ0) is 15.1. The number of nitrogens with zero attached hydrogens (tertiary/aromatic N) is 3. The first-order valence-electron chi connectivity index (χ1n) is 7.78. The quantitative estimate of drug-likeness (QED) is 0.852. The fourth-order valence-corrected chi connectivity index (χ4v) is 2.55. The summed E-state index contributed by atoms with van der Waals surface area (Å²) in [6.07, 6.45) is 5.18. The van der Waals surface area contributed by atoms with E-state index in [9.17, 15) is 4.79 Å². The Morgan fingerprint density at radius 2 is 1.95 bits per heavy atom. The van der Waals surface area contributed by atoms with Gasteiger partial charge in [0, 0.05) is 51.5 Å². The molecule has 0 bridgehead atoms. The largest absolute Gasteiger partial charge is 0.340 e. The van der Waals surface area contributed by atoms with Gasteiger partial charge in [0.2, 0.25) is 5.91 Å². The van der Waals surface area contributed by atoms with E-state index in [2.05, 4.69) is 16.8 Å². The zero-order valence-corrected chi connectivity index (χ0v) is 12.9. The topological polar surface area (TPSA) is 62.5 Å². The minimum absolute atomic E-state index is 0.277. The Labute approximate surface area is 127 Å². The van der Waals surface area contributed by atoms with Crippen LogP contribution in [0.3, 0.4) is 0 Å². The summed E-state index contributed by atoms with van der Waals surface area (Å²) in [6, 6.07) is 4.09. The van der Waals surface area contributed by atoms with Crippen molar-refractivity contribution in [3.05, 3.63) is 30.1 Å². The first-order valence-corrected chi connectivity index (χ1v) is 7.78. The molecule has 0 aromatic carbocycles. The van der Waals surface area contributed by atoms with Gasteiger partial charge in [0.25, 0.3) is 0 Å². The molecule has 2 heterocycles. The number of rotatable bonds is 6. The molecule has 0 aliphatic carbocycles. The molecule has 5 nitrogen and oxygen atoms in total. The summed E-state index contributed by atoms with van der Waals surface area (Å²) in [5, 5.41) is 0. The van der Waals surface area contributed by atoms with E-state index >= 15 is 0 Å². The van der Waals surface area contributed by atoms with Crippen molar-refractivity contribution >= 4 is 5.91 Å². The molecule has 116 valence electrons. The minimum atomic E-state index is 0.277. The zero-order valence-electron chi connectivity index (χ0n) is 12.9. The Morgan fingerprint density at radius 1 is 1.29 bits per heavy atom. The normalized spacial score (nSPS) is 17.7. The van der Waals surface area contributed by atoms with Crippen molar-refractivity contribution in [1.29, 1.82) is 0 Å². The van der Waals surface area contributed by atoms with Gasteiger partial charge in [-0.2, -0.15) is 0 Å². The molecular formula is C16H26N4O. The molecule has 1 amide bonds. The number of carbonyl (C=O) groups is 1. The van der Waals surface area contributed by atoms with E-state index in [1.54, 1.807) is 0 Å². The smallest absolute Gasteiger partial charge is 0.222 e. The van der Waals surface area contributed by atoms with E-state index in [0.29, 0.717) is 18.9 Å². The predicted molar refractivity (Wildman–Crippen MR) is 83.5 cm³/mol. The third-order valence-corrected chi connectivity index (χ3v) is 4.13. The molecule has 0 saturated carbocycles. The van der Waals surface area contributed by atoms with Gasteiger partial charge in [-0.15, -0.1) is 0 Å². The molecule has 2 N–H and O–H groups in total. The van der Waals surface area contributed by atoms with Gasteiger partial charge in [0.15, 0.2) is 0 Å². The van der Waals surface area contributed by atoms with Gasteiger partial charge >= 0.3 is 0 Å². The van der Waals surface area contributed by atoms with Crippen LogP contribution < -0.4 is 5.73 Å². The summed E-state index contributed by atoms with van der Waals surface area (Å²) in [5.74, 6) is 0.709. The lowest BCUT2D eigenvalue weighted by atomic mass is 10.1. The number of hydrogen-bond donors (Lipinski definition) is 1. The third kappa shape index (κ3) is 5.10. The van der Waals surface area contributed by atoms with Crippen LogP contribution in [0.4, 0.5) is 0 Å². The monoisotopic (exact) mass is 290 g/mol. The molecule has 1 unspecified atom stereocenters. The molecule has 1 aromatic heterocycles. The first-order chi connectivity index (χ1) is 10.2. The summed E-state index contributed by atoms with van der Waals surface area (Å²) in [7, 11) is 0. The molecule has 2 rings (SSSR count). The van der Waals surface area contributed by atoms with Crippen molar-refractivity contribution in [3.63, 3.8) is 0 Å². The molecule has 1 aliphatic heterocycles. The van der Waals surface area contributed by atoms with Gasteiger partial charge in [0.05, 0.1) is 0 Å². The van der Waals surface area contributed by atoms with Crippen LogP contribution in [0.25, 0.3) is 0 Å². The molecule has 5 heteroatoms. The van der Waals surface area contributed by atoms with Crippen LogP contribution in [0.2, 0.25) is 0 Å². The Morgan fingerprint density at radius 3 is 2.57 bits per heavy atom. The van der Waals surface area contributed by atoms with E-state index in [4.69, 9.17) is 5.73 Å². The van der Waals surface area contributed by atoms with E-state index in [-0.39, 0.29) is 5.91 Å². The van der Waals surface area contributed by atoms with Gasteiger partial charge in [0.1, 0.15) is 0 Å². The molecule has 21 heavy (non-hydrogen) atoms. The summed E-state index contributed by atoms with van der Waals surface area (Å²) < 4.78 is 0. The summed E-state index contributed by atoms with van der Waals surface area (Å²) in [5.41, 5.74) is 6.87. The molecule has 0 spiro atoms. The van der Waals surface area contributed by atoms with Crippen LogP contribution in [0.15, 0.2) is 24.5 Å². The number of amides is 1. The van der Waals surface area contributed by atoms with E-state index in [0.717, 1.165) is 39.1 Å². The average molecular weight is 290 g/mol. The molecule has 1 aliphatic rings. The lowest BCUT2D eigenvalue weighted by Gasteiger charge is -2.35. The predicted octanol–water partition coefficient (Wildman–Crippen LogP) is 1.10. The lowest BCUT2D eigenvalue weighted by Crippen LogP contribution is -2.48. The van der Waals surface area contributed by atoms with Gasteiger partial charge in [-0.1, -0.05) is 6.92 Å². The van der Waals surface area contributed by atoms with Crippen LogP contribution in [0.5, 0.6) is 0 Å². The summed E-state index contributed by atoms with van der Waals surface area (Å²) >= 11 is 0. The van der Waals surface area contributed by atoms with E-state index < -0.39 is 0 Å².